The van der Waals surface area contributed by atoms with Gasteiger partial charge in [0.05, 0.1) is 0 Å². The van der Waals surface area contributed by atoms with Crippen LogP contribution in [0.15, 0.2) is 28.8 Å². The van der Waals surface area contributed by atoms with Crippen LogP contribution in [0.2, 0.25) is 0 Å². The Kier molecular flexibility index (Phi) is 3.77. The summed E-state index contributed by atoms with van der Waals surface area (Å²) in [5, 5.41) is 4.00. The van der Waals surface area contributed by atoms with Crippen LogP contribution in [0.3, 0.4) is 0 Å². The van der Waals surface area contributed by atoms with Crippen molar-refractivity contribution in [3.63, 3.8) is 0 Å². The number of aryl methyl sites for hydroxylation is 1. The first-order valence-electron chi connectivity index (χ1n) is 6.21. The fourth-order valence-electron chi connectivity index (χ4n) is 1.68. The Morgan fingerprint density at radius 3 is 2.78 bits per heavy atom. The Hall–Kier alpha value is -1.68. The van der Waals surface area contributed by atoms with Crippen molar-refractivity contribution in [2.75, 3.05) is 0 Å². The van der Waals surface area contributed by atoms with Gasteiger partial charge in [-0.05, 0) is 18.9 Å². The van der Waals surface area contributed by atoms with E-state index in [1.54, 1.807) is 0 Å². The summed E-state index contributed by atoms with van der Waals surface area (Å²) < 4.78 is 5.24. The van der Waals surface area contributed by atoms with E-state index in [4.69, 9.17) is 10.3 Å². The summed E-state index contributed by atoms with van der Waals surface area (Å²) in [6, 6.07) is 8.09. The van der Waals surface area contributed by atoms with Crippen LogP contribution in [-0.4, -0.2) is 16.2 Å². The van der Waals surface area contributed by atoms with Gasteiger partial charge in [0.25, 0.3) is 0 Å². The minimum Gasteiger partial charge on any atom is -0.339 e. The largest absolute Gasteiger partial charge is 0.339 e. The van der Waals surface area contributed by atoms with E-state index in [-0.39, 0.29) is 6.04 Å². The smallest absolute Gasteiger partial charge is 0.228 e. The number of nitrogens with two attached hydrogens (primary N) is 1. The van der Waals surface area contributed by atoms with Gasteiger partial charge >= 0.3 is 0 Å². The van der Waals surface area contributed by atoms with E-state index in [2.05, 4.69) is 24.0 Å². The van der Waals surface area contributed by atoms with Crippen LogP contribution in [0.25, 0.3) is 11.4 Å². The van der Waals surface area contributed by atoms with Crippen molar-refractivity contribution in [3.8, 4) is 11.4 Å². The van der Waals surface area contributed by atoms with Crippen molar-refractivity contribution in [1.82, 2.24) is 10.1 Å². The molecule has 2 aromatic rings. The number of nitrogens with zero attached hydrogens (tertiary/aromatic N) is 2. The third-order valence-corrected chi connectivity index (χ3v) is 3.01. The van der Waals surface area contributed by atoms with E-state index < -0.39 is 0 Å². The first-order chi connectivity index (χ1) is 8.56. The molecule has 0 bridgehead atoms. The lowest BCUT2D eigenvalue weighted by atomic mass is 10.0. The van der Waals surface area contributed by atoms with Gasteiger partial charge in [-0.1, -0.05) is 42.8 Å². The van der Waals surface area contributed by atoms with Crippen LogP contribution >= 0.6 is 0 Å². The molecule has 1 heterocycles. The topological polar surface area (TPSA) is 64.9 Å². The molecule has 0 fully saturated rings. The molecular weight excluding hydrogens is 226 g/mol. The predicted molar refractivity (Wildman–Crippen MR) is 71.0 cm³/mol. The molecule has 0 saturated carbocycles. The molecule has 0 amide bonds. The monoisotopic (exact) mass is 245 g/mol. The lowest BCUT2D eigenvalue weighted by Gasteiger charge is -2.11. The fraction of sp³-hybridized carbons (Fsp3) is 0.429. The summed E-state index contributed by atoms with van der Waals surface area (Å²) in [6.45, 7) is 6.21. The van der Waals surface area contributed by atoms with Gasteiger partial charge in [0.1, 0.15) is 0 Å². The number of hydrogen-bond donors (Lipinski definition) is 1. The summed E-state index contributed by atoms with van der Waals surface area (Å²) in [7, 11) is 0. The summed E-state index contributed by atoms with van der Waals surface area (Å²) >= 11 is 0. The molecule has 0 saturated heterocycles. The molecule has 96 valence electrons. The lowest BCUT2D eigenvalue weighted by Crippen LogP contribution is -2.28. The van der Waals surface area contributed by atoms with Crippen LogP contribution < -0.4 is 5.73 Å². The highest BCUT2D eigenvalue weighted by molar-refractivity contribution is 5.55. The molecule has 1 aromatic carbocycles. The van der Waals surface area contributed by atoms with E-state index in [0.29, 0.717) is 24.1 Å². The zero-order valence-corrected chi connectivity index (χ0v) is 11.1. The minimum absolute atomic E-state index is 0.0517. The molecule has 1 atom stereocenters. The summed E-state index contributed by atoms with van der Waals surface area (Å²) in [6.07, 6.45) is 0.622. The molecule has 2 N–H and O–H groups in total. The van der Waals surface area contributed by atoms with Crippen LogP contribution in [0.5, 0.6) is 0 Å². The van der Waals surface area contributed by atoms with Gasteiger partial charge in [-0.2, -0.15) is 4.98 Å². The highest BCUT2D eigenvalue weighted by Crippen LogP contribution is 2.17. The molecule has 2 rings (SSSR count). The van der Waals surface area contributed by atoms with E-state index in [1.807, 2.05) is 31.2 Å². The molecule has 4 heteroatoms. The molecule has 1 unspecified atom stereocenters. The van der Waals surface area contributed by atoms with Gasteiger partial charge in [-0.15, -0.1) is 0 Å². The van der Waals surface area contributed by atoms with Crippen LogP contribution in [0.4, 0.5) is 0 Å². The SMILES string of the molecule is Cc1cccc(-c2noc(CC(N)C(C)C)n2)c1. The second-order valence-corrected chi connectivity index (χ2v) is 4.99. The summed E-state index contributed by atoms with van der Waals surface area (Å²) in [5.74, 6) is 1.64. The van der Waals surface area contributed by atoms with E-state index in [0.717, 1.165) is 5.56 Å². The quantitative estimate of drug-likeness (QED) is 0.899. The molecule has 4 nitrogen and oxygen atoms in total. The Morgan fingerprint density at radius 2 is 2.11 bits per heavy atom. The zero-order valence-electron chi connectivity index (χ0n) is 11.1. The Morgan fingerprint density at radius 1 is 1.33 bits per heavy atom. The van der Waals surface area contributed by atoms with E-state index >= 15 is 0 Å². The number of rotatable bonds is 4. The standard InChI is InChI=1S/C14H19N3O/c1-9(2)12(15)8-13-16-14(17-18-13)11-6-4-5-10(3)7-11/h4-7,9,12H,8,15H2,1-3H3. The second-order valence-electron chi connectivity index (χ2n) is 4.99. The Balaban J connectivity index is 2.15. The van der Waals surface area contributed by atoms with Crippen molar-refractivity contribution >= 4 is 0 Å². The van der Waals surface area contributed by atoms with Crippen molar-refractivity contribution in [2.24, 2.45) is 11.7 Å². The first-order valence-corrected chi connectivity index (χ1v) is 6.21. The Bertz CT molecular complexity index is 519. The van der Waals surface area contributed by atoms with Gasteiger partial charge < -0.3 is 10.3 Å². The van der Waals surface area contributed by atoms with Gasteiger partial charge in [0, 0.05) is 18.0 Å². The van der Waals surface area contributed by atoms with Crippen LogP contribution in [0, 0.1) is 12.8 Å². The predicted octanol–water partition coefficient (Wildman–Crippen LogP) is 2.57. The Labute approximate surface area is 107 Å². The number of benzene rings is 1. The molecule has 0 radical (unpaired) electrons. The maximum atomic E-state index is 5.99. The van der Waals surface area contributed by atoms with Gasteiger partial charge in [-0.25, -0.2) is 0 Å². The fourth-order valence-corrected chi connectivity index (χ4v) is 1.68. The maximum absolute atomic E-state index is 5.99. The molecular formula is C14H19N3O. The summed E-state index contributed by atoms with van der Waals surface area (Å²) in [4.78, 5) is 4.39. The van der Waals surface area contributed by atoms with Gasteiger partial charge in [-0.3, -0.25) is 0 Å². The molecule has 18 heavy (non-hydrogen) atoms. The summed E-state index contributed by atoms with van der Waals surface area (Å²) in [5.41, 5.74) is 8.15. The first kappa shape index (κ1) is 12.8. The highest BCUT2D eigenvalue weighted by Gasteiger charge is 2.14. The molecule has 0 aliphatic rings. The molecule has 1 aromatic heterocycles. The van der Waals surface area contributed by atoms with Crippen LogP contribution in [0.1, 0.15) is 25.3 Å². The number of aromatic nitrogens is 2. The third-order valence-electron chi connectivity index (χ3n) is 3.01. The van der Waals surface area contributed by atoms with Crippen molar-refractivity contribution in [1.29, 1.82) is 0 Å². The highest BCUT2D eigenvalue weighted by atomic mass is 16.5. The third kappa shape index (κ3) is 2.96. The van der Waals surface area contributed by atoms with Gasteiger partial charge in [0.15, 0.2) is 0 Å². The maximum Gasteiger partial charge on any atom is 0.228 e. The van der Waals surface area contributed by atoms with E-state index in [9.17, 15) is 0 Å². The van der Waals surface area contributed by atoms with Crippen molar-refractivity contribution < 1.29 is 4.52 Å². The minimum atomic E-state index is 0.0517. The molecule has 0 aliphatic heterocycles. The number of hydrogen-bond acceptors (Lipinski definition) is 4. The van der Waals surface area contributed by atoms with Crippen molar-refractivity contribution in [3.05, 3.63) is 35.7 Å². The average Bonchev–Trinajstić information content (AvgIpc) is 2.77. The lowest BCUT2D eigenvalue weighted by molar-refractivity contribution is 0.353. The van der Waals surface area contributed by atoms with Crippen LogP contribution in [-0.2, 0) is 6.42 Å². The van der Waals surface area contributed by atoms with Crippen molar-refractivity contribution in [2.45, 2.75) is 33.2 Å². The molecule has 0 aliphatic carbocycles. The van der Waals surface area contributed by atoms with E-state index in [1.165, 1.54) is 5.56 Å². The normalized spacial score (nSPS) is 12.9. The van der Waals surface area contributed by atoms with Gasteiger partial charge in [0.2, 0.25) is 11.7 Å². The molecule has 0 spiro atoms. The average molecular weight is 245 g/mol. The zero-order chi connectivity index (χ0) is 13.1. The second kappa shape index (κ2) is 5.31.